The monoisotopic (exact) mass is 225 g/mol. The molecular formula is C8H16ClNO4. The van der Waals surface area contributed by atoms with Crippen molar-refractivity contribution in [2.24, 2.45) is 5.41 Å². The van der Waals surface area contributed by atoms with Crippen LogP contribution in [0.15, 0.2) is 0 Å². The topological polar surface area (TPSA) is 67.8 Å². The summed E-state index contributed by atoms with van der Waals surface area (Å²) in [7, 11) is 1.31. The van der Waals surface area contributed by atoms with Crippen LogP contribution in [0.3, 0.4) is 0 Å². The molecule has 5 nitrogen and oxygen atoms in total. The Morgan fingerprint density at radius 3 is 3.00 bits per heavy atom. The summed E-state index contributed by atoms with van der Waals surface area (Å²) in [5, 5.41) is 12.2. The molecule has 0 spiro atoms. The minimum absolute atomic E-state index is 0. The number of rotatable bonds is 2. The zero-order valence-corrected chi connectivity index (χ0v) is 8.93. The first-order valence-electron chi connectivity index (χ1n) is 4.23. The van der Waals surface area contributed by atoms with E-state index in [-0.39, 0.29) is 25.6 Å². The maximum absolute atomic E-state index is 11.4. The van der Waals surface area contributed by atoms with E-state index >= 15 is 0 Å². The highest BCUT2D eigenvalue weighted by Gasteiger charge is 2.40. The zero-order valence-electron chi connectivity index (χ0n) is 8.12. The summed E-state index contributed by atoms with van der Waals surface area (Å²) in [4.78, 5) is 11.4. The molecule has 0 aromatic carbocycles. The summed E-state index contributed by atoms with van der Waals surface area (Å²) in [6, 6.07) is 0. The molecule has 1 saturated heterocycles. The van der Waals surface area contributed by atoms with Gasteiger partial charge in [0.05, 0.1) is 26.9 Å². The van der Waals surface area contributed by atoms with E-state index in [2.05, 4.69) is 10.1 Å². The predicted octanol–water partition coefficient (Wildman–Crippen LogP) is -0.820. The minimum atomic E-state index is -0.925. The average molecular weight is 226 g/mol. The molecule has 0 aromatic heterocycles. The Hall–Kier alpha value is -0.360. The first kappa shape index (κ1) is 13.6. The molecule has 1 heterocycles. The van der Waals surface area contributed by atoms with Gasteiger partial charge in [0.15, 0.2) is 0 Å². The van der Waals surface area contributed by atoms with Gasteiger partial charge in [-0.15, -0.1) is 12.4 Å². The highest BCUT2D eigenvalue weighted by molar-refractivity contribution is 5.85. The second-order valence-corrected chi connectivity index (χ2v) is 3.16. The van der Waals surface area contributed by atoms with Crippen molar-refractivity contribution in [1.82, 2.24) is 5.32 Å². The van der Waals surface area contributed by atoms with Crippen molar-refractivity contribution in [3.05, 3.63) is 0 Å². The smallest absolute Gasteiger partial charge is 0.317 e. The quantitative estimate of drug-likeness (QED) is 0.601. The van der Waals surface area contributed by atoms with Crippen LogP contribution in [0.1, 0.15) is 0 Å². The molecule has 0 aliphatic carbocycles. The number of hydrogen-bond acceptors (Lipinski definition) is 5. The summed E-state index contributed by atoms with van der Waals surface area (Å²) >= 11 is 0. The normalized spacial score (nSPS) is 27.3. The lowest BCUT2D eigenvalue weighted by molar-refractivity contribution is -0.158. The van der Waals surface area contributed by atoms with Crippen LogP contribution in [-0.4, -0.2) is 51.1 Å². The highest BCUT2D eigenvalue weighted by Crippen LogP contribution is 2.19. The van der Waals surface area contributed by atoms with Crippen molar-refractivity contribution >= 4 is 18.4 Å². The maximum Gasteiger partial charge on any atom is 0.317 e. The summed E-state index contributed by atoms with van der Waals surface area (Å²) < 4.78 is 9.82. The number of halogens is 1. The SMILES string of the molecule is COC(=O)C1(CO)CNCCOC1.Cl. The van der Waals surface area contributed by atoms with Gasteiger partial charge in [-0.25, -0.2) is 0 Å². The van der Waals surface area contributed by atoms with Crippen molar-refractivity contribution in [3.8, 4) is 0 Å². The molecule has 0 radical (unpaired) electrons. The molecule has 1 aliphatic heterocycles. The van der Waals surface area contributed by atoms with E-state index in [0.29, 0.717) is 19.7 Å². The van der Waals surface area contributed by atoms with Gasteiger partial charge in [-0.1, -0.05) is 0 Å². The van der Waals surface area contributed by atoms with E-state index in [9.17, 15) is 4.79 Å². The number of esters is 1. The molecule has 0 saturated carbocycles. The van der Waals surface area contributed by atoms with E-state index in [1.807, 2.05) is 0 Å². The van der Waals surface area contributed by atoms with Crippen LogP contribution in [-0.2, 0) is 14.3 Å². The van der Waals surface area contributed by atoms with Crippen LogP contribution in [0.25, 0.3) is 0 Å². The van der Waals surface area contributed by atoms with Crippen LogP contribution in [0.5, 0.6) is 0 Å². The molecule has 0 aromatic rings. The van der Waals surface area contributed by atoms with Gasteiger partial charge < -0.3 is 19.9 Å². The first-order valence-corrected chi connectivity index (χ1v) is 4.23. The number of carbonyl (C=O) groups is 1. The predicted molar refractivity (Wildman–Crippen MR) is 52.5 cm³/mol. The van der Waals surface area contributed by atoms with Crippen molar-refractivity contribution in [3.63, 3.8) is 0 Å². The van der Waals surface area contributed by atoms with Crippen molar-refractivity contribution in [2.45, 2.75) is 0 Å². The van der Waals surface area contributed by atoms with Gasteiger partial charge in [-0.2, -0.15) is 0 Å². The van der Waals surface area contributed by atoms with Gasteiger partial charge in [0.2, 0.25) is 0 Å². The Kier molecular flexibility index (Phi) is 6.03. The van der Waals surface area contributed by atoms with Gasteiger partial charge in [-0.3, -0.25) is 4.79 Å². The molecule has 0 amide bonds. The van der Waals surface area contributed by atoms with E-state index < -0.39 is 11.4 Å². The van der Waals surface area contributed by atoms with Crippen LogP contribution in [0, 0.1) is 5.41 Å². The summed E-state index contributed by atoms with van der Waals surface area (Å²) in [5.41, 5.74) is -0.925. The molecular weight excluding hydrogens is 210 g/mol. The highest BCUT2D eigenvalue weighted by atomic mass is 35.5. The Morgan fingerprint density at radius 2 is 2.43 bits per heavy atom. The fourth-order valence-electron chi connectivity index (χ4n) is 1.30. The van der Waals surface area contributed by atoms with Gasteiger partial charge >= 0.3 is 5.97 Å². The van der Waals surface area contributed by atoms with Gasteiger partial charge in [0.1, 0.15) is 5.41 Å². The van der Waals surface area contributed by atoms with Gasteiger partial charge in [0.25, 0.3) is 0 Å². The number of methoxy groups -OCH3 is 1. The Bertz CT molecular complexity index is 180. The molecule has 84 valence electrons. The lowest BCUT2D eigenvalue weighted by atomic mass is 9.90. The average Bonchev–Trinajstić information content (AvgIpc) is 2.42. The van der Waals surface area contributed by atoms with Gasteiger partial charge in [0, 0.05) is 13.1 Å². The standard InChI is InChI=1S/C8H15NO4.ClH/c1-12-7(11)8(5-10)4-9-2-3-13-6-8;/h9-10H,2-6H2,1H3;1H. The molecule has 1 aliphatic rings. The molecule has 2 N–H and O–H groups in total. The lowest BCUT2D eigenvalue weighted by Crippen LogP contribution is -2.46. The van der Waals surface area contributed by atoms with E-state index in [0.717, 1.165) is 0 Å². The van der Waals surface area contributed by atoms with Crippen molar-refractivity contribution in [1.29, 1.82) is 0 Å². The molecule has 1 unspecified atom stereocenters. The lowest BCUT2D eigenvalue weighted by Gasteiger charge is -2.26. The third-order valence-electron chi connectivity index (χ3n) is 2.19. The fraction of sp³-hybridized carbons (Fsp3) is 0.875. The minimum Gasteiger partial charge on any atom is -0.468 e. The van der Waals surface area contributed by atoms with E-state index in [1.54, 1.807) is 0 Å². The number of ether oxygens (including phenoxy) is 2. The number of nitrogens with one attached hydrogen (secondary N) is 1. The van der Waals surface area contributed by atoms with E-state index in [4.69, 9.17) is 9.84 Å². The van der Waals surface area contributed by atoms with Crippen molar-refractivity contribution < 1.29 is 19.4 Å². The van der Waals surface area contributed by atoms with E-state index in [1.165, 1.54) is 7.11 Å². The second-order valence-electron chi connectivity index (χ2n) is 3.16. The molecule has 1 atom stereocenters. The third kappa shape index (κ3) is 2.81. The van der Waals surface area contributed by atoms with Crippen molar-refractivity contribution in [2.75, 3.05) is 40.0 Å². The summed E-state index contributed by atoms with van der Waals surface area (Å²) in [5.74, 6) is -0.426. The van der Waals surface area contributed by atoms with Crippen LogP contribution in [0.4, 0.5) is 0 Å². The van der Waals surface area contributed by atoms with Gasteiger partial charge in [-0.05, 0) is 0 Å². The van der Waals surface area contributed by atoms with Crippen LogP contribution >= 0.6 is 12.4 Å². The molecule has 1 rings (SSSR count). The van der Waals surface area contributed by atoms with Crippen LogP contribution in [0.2, 0.25) is 0 Å². The number of hydrogen-bond donors (Lipinski definition) is 2. The third-order valence-corrected chi connectivity index (χ3v) is 2.19. The number of carbonyl (C=O) groups excluding carboxylic acids is 1. The molecule has 1 fully saturated rings. The Balaban J connectivity index is 0.00000169. The molecule has 6 heteroatoms. The zero-order chi connectivity index (χ0) is 9.73. The second kappa shape index (κ2) is 6.19. The largest absolute Gasteiger partial charge is 0.468 e. The maximum atomic E-state index is 11.4. The molecule has 14 heavy (non-hydrogen) atoms. The Morgan fingerprint density at radius 1 is 1.71 bits per heavy atom. The fourth-order valence-corrected chi connectivity index (χ4v) is 1.30. The molecule has 0 bridgehead atoms. The first-order chi connectivity index (χ1) is 6.25. The van der Waals surface area contributed by atoms with Crippen LogP contribution < -0.4 is 5.32 Å². The Labute approximate surface area is 89.2 Å². The summed E-state index contributed by atoms with van der Waals surface area (Å²) in [6.45, 7) is 1.60. The summed E-state index contributed by atoms with van der Waals surface area (Å²) in [6.07, 6.45) is 0. The number of aliphatic hydroxyl groups excluding tert-OH is 1. The number of aliphatic hydroxyl groups is 1.